The molecule has 0 aliphatic heterocycles. The van der Waals surface area contributed by atoms with Gasteiger partial charge in [0.2, 0.25) is 0 Å². The Bertz CT molecular complexity index is 611. The highest BCUT2D eigenvalue weighted by Gasteiger charge is 2.20. The lowest BCUT2D eigenvalue weighted by atomic mass is 9.85. The van der Waals surface area contributed by atoms with Gasteiger partial charge in [0.15, 0.2) is 0 Å². The first-order chi connectivity index (χ1) is 9.91. The molecule has 2 heteroatoms. The summed E-state index contributed by atoms with van der Waals surface area (Å²) in [6.07, 6.45) is 0.826. The van der Waals surface area contributed by atoms with Crippen LogP contribution in [-0.4, -0.2) is 6.54 Å². The van der Waals surface area contributed by atoms with Crippen LogP contribution in [0.3, 0.4) is 0 Å². The van der Waals surface area contributed by atoms with Crippen molar-refractivity contribution in [2.45, 2.75) is 39.5 Å². The van der Waals surface area contributed by atoms with E-state index in [4.69, 9.17) is 10.5 Å². The molecule has 0 saturated carbocycles. The van der Waals surface area contributed by atoms with Gasteiger partial charge in [-0.25, -0.2) is 0 Å². The molecule has 0 atom stereocenters. The predicted octanol–water partition coefficient (Wildman–Crippen LogP) is 4.59. The second-order valence-electron chi connectivity index (χ2n) is 6.50. The third-order valence-corrected chi connectivity index (χ3v) is 3.55. The molecule has 2 rings (SSSR count). The van der Waals surface area contributed by atoms with Crippen molar-refractivity contribution in [1.82, 2.24) is 0 Å². The number of hydrogen-bond acceptors (Lipinski definition) is 2. The van der Waals surface area contributed by atoms with Gasteiger partial charge in [-0.15, -0.1) is 0 Å². The van der Waals surface area contributed by atoms with Crippen LogP contribution in [-0.2, 0) is 11.8 Å². The fourth-order valence-corrected chi connectivity index (χ4v) is 2.40. The number of benzene rings is 2. The Kier molecular flexibility index (Phi) is 4.69. The number of rotatable bonds is 4. The first kappa shape index (κ1) is 15.6. The number of nitrogens with two attached hydrogens (primary N) is 1. The molecule has 0 unspecified atom stereocenters. The largest absolute Gasteiger partial charge is 0.457 e. The van der Waals surface area contributed by atoms with Crippen LogP contribution in [0, 0.1) is 6.92 Å². The van der Waals surface area contributed by atoms with Gasteiger partial charge in [-0.1, -0.05) is 56.7 Å². The van der Waals surface area contributed by atoms with Crippen molar-refractivity contribution in [3.05, 3.63) is 59.2 Å². The van der Waals surface area contributed by atoms with Crippen LogP contribution in [0.15, 0.2) is 42.5 Å². The Labute approximate surface area is 127 Å². The highest BCUT2D eigenvalue weighted by Crippen LogP contribution is 2.35. The first-order valence-electron chi connectivity index (χ1n) is 7.49. The van der Waals surface area contributed by atoms with Crippen LogP contribution in [0.5, 0.6) is 11.5 Å². The highest BCUT2D eigenvalue weighted by atomic mass is 16.5. The maximum Gasteiger partial charge on any atom is 0.131 e. The molecule has 0 bridgehead atoms. The van der Waals surface area contributed by atoms with Gasteiger partial charge in [0.05, 0.1) is 0 Å². The van der Waals surface area contributed by atoms with E-state index in [1.165, 1.54) is 11.1 Å². The van der Waals surface area contributed by atoms with Gasteiger partial charge in [0.25, 0.3) is 0 Å². The van der Waals surface area contributed by atoms with E-state index in [0.29, 0.717) is 6.54 Å². The molecule has 0 radical (unpaired) electrons. The summed E-state index contributed by atoms with van der Waals surface area (Å²) in [6, 6.07) is 14.5. The predicted molar refractivity (Wildman–Crippen MR) is 89.2 cm³/mol. The van der Waals surface area contributed by atoms with Gasteiger partial charge in [-0.05, 0) is 43.0 Å². The van der Waals surface area contributed by atoms with Crippen molar-refractivity contribution in [1.29, 1.82) is 0 Å². The lowest BCUT2D eigenvalue weighted by molar-refractivity contribution is 0.450. The van der Waals surface area contributed by atoms with Crippen LogP contribution in [0.1, 0.15) is 37.5 Å². The molecule has 2 aromatic carbocycles. The molecule has 2 N–H and O–H groups in total. The average Bonchev–Trinajstić information content (AvgIpc) is 2.42. The van der Waals surface area contributed by atoms with E-state index >= 15 is 0 Å². The minimum Gasteiger partial charge on any atom is -0.457 e. The lowest BCUT2D eigenvalue weighted by Crippen LogP contribution is -2.13. The minimum absolute atomic E-state index is 0.0458. The maximum absolute atomic E-state index is 6.22. The normalized spacial score (nSPS) is 11.5. The number of aryl methyl sites for hydroxylation is 1. The Morgan fingerprint density at radius 1 is 1.00 bits per heavy atom. The van der Waals surface area contributed by atoms with E-state index in [9.17, 15) is 0 Å². The van der Waals surface area contributed by atoms with E-state index in [0.717, 1.165) is 23.5 Å². The van der Waals surface area contributed by atoms with Crippen LogP contribution in [0.4, 0.5) is 0 Å². The van der Waals surface area contributed by atoms with Crippen LogP contribution in [0.2, 0.25) is 0 Å². The molecule has 0 fully saturated rings. The van der Waals surface area contributed by atoms with Gasteiger partial charge in [0.1, 0.15) is 11.5 Å². The van der Waals surface area contributed by atoms with E-state index < -0.39 is 0 Å². The van der Waals surface area contributed by atoms with Gasteiger partial charge in [0, 0.05) is 5.56 Å². The van der Waals surface area contributed by atoms with E-state index in [-0.39, 0.29) is 5.41 Å². The standard InChI is InChI=1S/C19H25NO/c1-14-9-10-18(16(13-14)19(2,3)4)21-17-8-6-5-7-15(17)11-12-20/h5-10,13H,11-12,20H2,1-4H3. The summed E-state index contributed by atoms with van der Waals surface area (Å²) in [5.41, 5.74) is 9.36. The highest BCUT2D eigenvalue weighted by molar-refractivity contribution is 5.45. The van der Waals surface area contributed by atoms with Crippen molar-refractivity contribution < 1.29 is 4.74 Å². The maximum atomic E-state index is 6.22. The second-order valence-corrected chi connectivity index (χ2v) is 6.50. The van der Waals surface area contributed by atoms with Gasteiger partial charge < -0.3 is 10.5 Å². The summed E-state index contributed by atoms with van der Waals surface area (Å²) in [5, 5.41) is 0. The number of ether oxygens (including phenoxy) is 1. The smallest absolute Gasteiger partial charge is 0.131 e. The fraction of sp³-hybridized carbons (Fsp3) is 0.368. The van der Waals surface area contributed by atoms with Gasteiger partial charge in [-0.2, -0.15) is 0 Å². The van der Waals surface area contributed by atoms with Gasteiger partial charge in [-0.3, -0.25) is 0 Å². The molecular formula is C19H25NO. The van der Waals surface area contributed by atoms with Crippen LogP contribution < -0.4 is 10.5 Å². The minimum atomic E-state index is 0.0458. The SMILES string of the molecule is Cc1ccc(Oc2ccccc2CCN)c(C(C)(C)C)c1. The Balaban J connectivity index is 2.41. The van der Waals surface area contributed by atoms with Crippen molar-refractivity contribution in [2.75, 3.05) is 6.54 Å². The van der Waals surface area contributed by atoms with E-state index in [2.05, 4.69) is 52.0 Å². The zero-order chi connectivity index (χ0) is 15.5. The molecule has 0 aromatic heterocycles. The summed E-state index contributed by atoms with van der Waals surface area (Å²) in [4.78, 5) is 0. The number of para-hydroxylation sites is 1. The first-order valence-corrected chi connectivity index (χ1v) is 7.49. The molecule has 0 aliphatic rings. The lowest BCUT2D eigenvalue weighted by Gasteiger charge is -2.24. The molecular weight excluding hydrogens is 258 g/mol. The zero-order valence-electron chi connectivity index (χ0n) is 13.4. The monoisotopic (exact) mass is 283 g/mol. The Morgan fingerprint density at radius 2 is 1.71 bits per heavy atom. The van der Waals surface area contributed by atoms with Crippen LogP contribution in [0.25, 0.3) is 0 Å². The number of hydrogen-bond donors (Lipinski definition) is 1. The third-order valence-electron chi connectivity index (χ3n) is 3.55. The quantitative estimate of drug-likeness (QED) is 0.891. The summed E-state index contributed by atoms with van der Waals surface area (Å²) < 4.78 is 6.22. The Hall–Kier alpha value is -1.80. The van der Waals surface area contributed by atoms with E-state index in [1.54, 1.807) is 0 Å². The summed E-state index contributed by atoms with van der Waals surface area (Å²) >= 11 is 0. The summed E-state index contributed by atoms with van der Waals surface area (Å²) in [7, 11) is 0. The van der Waals surface area contributed by atoms with E-state index in [1.807, 2.05) is 18.2 Å². The molecule has 0 spiro atoms. The van der Waals surface area contributed by atoms with Gasteiger partial charge >= 0.3 is 0 Å². The molecule has 2 nitrogen and oxygen atoms in total. The molecule has 2 aromatic rings. The summed E-state index contributed by atoms with van der Waals surface area (Å²) in [5.74, 6) is 1.83. The van der Waals surface area contributed by atoms with Crippen molar-refractivity contribution in [3.63, 3.8) is 0 Å². The topological polar surface area (TPSA) is 35.2 Å². The van der Waals surface area contributed by atoms with Crippen LogP contribution >= 0.6 is 0 Å². The van der Waals surface area contributed by atoms with Crippen molar-refractivity contribution >= 4 is 0 Å². The molecule has 0 aliphatic carbocycles. The van der Waals surface area contributed by atoms with Crippen molar-refractivity contribution in [3.8, 4) is 11.5 Å². The molecule has 0 saturated heterocycles. The van der Waals surface area contributed by atoms with Crippen molar-refractivity contribution in [2.24, 2.45) is 5.73 Å². The molecule has 112 valence electrons. The molecule has 21 heavy (non-hydrogen) atoms. The molecule has 0 amide bonds. The zero-order valence-corrected chi connectivity index (χ0v) is 13.4. The average molecular weight is 283 g/mol. The summed E-state index contributed by atoms with van der Waals surface area (Å²) in [6.45, 7) is 9.36. The second kappa shape index (κ2) is 6.31. The Morgan fingerprint density at radius 3 is 2.38 bits per heavy atom. The third kappa shape index (κ3) is 3.85. The fourth-order valence-electron chi connectivity index (χ4n) is 2.40. The molecule has 0 heterocycles.